The first-order valence-electron chi connectivity index (χ1n) is 23.4. The minimum absolute atomic E-state index is 0.0259. The van der Waals surface area contributed by atoms with E-state index in [-0.39, 0.29) is 25.7 Å². The molecule has 1 fully saturated rings. The van der Waals surface area contributed by atoms with Gasteiger partial charge in [0.1, 0.15) is 43.2 Å². The molecule has 1 saturated carbocycles. The van der Waals surface area contributed by atoms with Gasteiger partial charge in [-0.15, -0.1) is 0 Å². The molecule has 16 nitrogen and oxygen atoms in total. The molecular formula is C49H79O16P. The standard InChI is InChI=1S/C49H79O16P/c1-3-5-7-8-9-10-11-12-13-14-15-16-17-18-19-24-28-34-43(54)64-39(37-63-66(60,61)65-49-47(58)45(56)44(55)46(57)48(49)59)36-62-42(53)35-29-33-41(52)40(51)32-27-23-21-20-22-26-31-38(50)30-25-6-4-2/h6,12-13,15-16,18-23,25-27,31-32,38-41,44-52,55-59H,3-5,7-11,14,17,24,28-30,33-37H2,1-2H3,(H,60,61)/b13-12-,16-15-,19-18-,22-20+,23-21-,25-6-,31-26+,32-27-/t38-,39-,40+,41+,44?,45-,46+,47-,48-,49?/m1/s1. The number of phosphoric acid groups is 1. The van der Waals surface area contributed by atoms with Crippen LogP contribution in [-0.2, 0) is 32.7 Å². The van der Waals surface area contributed by atoms with Crippen LogP contribution in [0.2, 0.25) is 0 Å². The molecule has 1 rings (SSSR count). The summed E-state index contributed by atoms with van der Waals surface area (Å²) in [6.45, 7) is 2.75. The van der Waals surface area contributed by atoms with Gasteiger partial charge in [-0.2, -0.15) is 0 Å². The molecule has 376 valence electrons. The molecular weight excluding hydrogens is 875 g/mol. The Hall–Kier alpha value is -3.35. The highest BCUT2D eigenvalue weighted by Gasteiger charge is 2.51. The van der Waals surface area contributed by atoms with E-state index in [9.17, 15) is 59.9 Å². The maximum absolute atomic E-state index is 12.8. The molecule has 0 aliphatic heterocycles. The minimum Gasteiger partial charge on any atom is -0.462 e. The Morgan fingerprint density at radius 2 is 1.15 bits per heavy atom. The molecule has 0 aromatic rings. The van der Waals surface area contributed by atoms with Crippen LogP contribution in [0.3, 0.4) is 0 Å². The lowest BCUT2D eigenvalue weighted by Crippen LogP contribution is -2.64. The van der Waals surface area contributed by atoms with Crippen LogP contribution in [0.5, 0.6) is 0 Å². The fourth-order valence-corrected chi connectivity index (χ4v) is 7.32. The van der Waals surface area contributed by atoms with Crippen molar-refractivity contribution in [2.45, 2.75) is 184 Å². The van der Waals surface area contributed by atoms with Crippen LogP contribution in [0.15, 0.2) is 97.2 Å². The Bertz CT molecular complexity index is 1570. The topological polar surface area (TPSA) is 270 Å². The summed E-state index contributed by atoms with van der Waals surface area (Å²) in [6.07, 6.45) is 25.3. The molecule has 0 amide bonds. The zero-order valence-corrected chi connectivity index (χ0v) is 39.7. The van der Waals surface area contributed by atoms with Crippen LogP contribution in [-0.4, -0.2) is 132 Å². The molecule has 0 heterocycles. The maximum Gasteiger partial charge on any atom is 0.472 e. The second kappa shape index (κ2) is 37.6. The van der Waals surface area contributed by atoms with Gasteiger partial charge in [-0.1, -0.05) is 143 Å². The van der Waals surface area contributed by atoms with Crippen LogP contribution in [0.1, 0.15) is 123 Å². The quantitative estimate of drug-likeness (QED) is 0.0115. The molecule has 9 N–H and O–H groups in total. The van der Waals surface area contributed by atoms with E-state index in [2.05, 4.69) is 31.2 Å². The van der Waals surface area contributed by atoms with Gasteiger partial charge in [0.25, 0.3) is 0 Å². The van der Waals surface area contributed by atoms with Crippen molar-refractivity contribution in [2.24, 2.45) is 0 Å². The molecule has 0 bridgehead atoms. The van der Waals surface area contributed by atoms with E-state index < -0.39 is 94.0 Å². The smallest absolute Gasteiger partial charge is 0.462 e. The lowest BCUT2D eigenvalue weighted by atomic mass is 9.85. The molecule has 0 spiro atoms. The summed E-state index contributed by atoms with van der Waals surface area (Å²) in [5.74, 6) is -1.50. The zero-order chi connectivity index (χ0) is 49.0. The van der Waals surface area contributed by atoms with Gasteiger partial charge < -0.3 is 55.2 Å². The molecule has 11 atom stereocenters. The zero-order valence-electron chi connectivity index (χ0n) is 38.8. The molecule has 0 aromatic carbocycles. The fourth-order valence-electron chi connectivity index (χ4n) is 6.35. The number of ether oxygens (including phenoxy) is 2. The van der Waals surface area contributed by atoms with Crippen LogP contribution in [0.25, 0.3) is 0 Å². The number of esters is 2. The highest BCUT2D eigenvalue weighted by molar-refractivity contribution is 7.47. The number of aliphatic hydroxyl groups excluding tert-OH is 8. The maximum atomic E-state index is 12.8. The number of carbonyl (C=O) groups excluding carboxylic acids is 2. The number of allylic oxidation sites excluding steroid dienone is 13. The number of unbranched alkanes of at least 4 members (excludes halogenated alkanes) is 7. The van der Waals surface area contributed by atoms with Crippen LogP contribution in [0, 0.1) is 0 Å². The van der Waals surface area contributed by atoms with Gasteiger partial charge in [0.05, 0.1) is 24.9 Å². The molecule has 1 aliphatic rings. The lowest BCUT2D eigenvalue weighted by molar-refractivity contribution is -0.220. The fraction of sp³-hybridized carbons (Fsp3) is 0.633. The van der Waals surface area contributed by atoms with Crippen LogP contribution < -0.4 is 0 Å². The van der Waals surface area contributed by atoms with Crippen molar-refractivity contribution in [3.63, 3.8) is 0 Å². The second-order valence-electron chi connectivity index (χ2n) is 16.1. The molecule has 66 heavy (non-hydrogen) atoms. The number of aliphatic hydroxyl groups is 8. The van der Waals surface area contributed by atoms with Crippen molar-refractivity contribution >= 4 is 19.8 Å². The lowest BCUT2D eigenvalue weighted by Gasteiger charge is -2.41. The first-order valence-corrected chi connectivity index (χ1v) is 24.9. The highest BCUT2D eigenvalue weighted by Crippen LogP contribution is 2.47. The molecule has 0 aromatic heterocycles. The Morgan fingerprint density at radius 3 is 1.79 bits per heavy atom. The van der Waals surface area contributed by atoms with Crippen molar-refractivity contribution in [1.82, 2.24) is 0 Å². The first kappa shape index (κ1) is 60.7. The molecule has 17 heteroatoms. The highest BCUT2D eigenvalue weighted by atomic mass is 31.2. The summed E-state index contributed by atoms with van der Waals surface area (Å²) in [5.41, 5.74) is 0. The number of hydrogen-bond donors (Lipinski definition) is 9. The van der Waals surface area contributed by atoms with Gasteiger partial charge in [-0.25, -0.2) is 4.57 Å². The van der Waals surface area contributed by atoms with Gasteiger partial charge in [0.15, 0.2) is 6.10 Å². The third kappa shape index (κ3) is 29.4. The normalized spacial score (nSPS) is 23.6. The summed E-state index contributed by atoms with van der Waals surface area (Å²) in [5, 5.41) is 80.6. The average Bonchev–Trinajstić information content (AvgIpc) is 3.29. The van der Waals surface area contributed by atoms with Crippen LogP contribution >= 0.6 is 7.82 Å². The predicted octanol–water partition coefficient (Wildman–Crippen LogP) is 5.97. The summed E-state index contributed by atoms with van der Waals surface area (Å²) in [6, 6.07) is 0. The van der Waals surface area contributed by atoms with Crippen molar-refractivity contribution in [2.75, 3.05) is 13.2 Å². The van der Waals surface area contributed by atoms with E-state index in [1.54, 1.807) is 42.5 Å². The summed E-state index contributed by atoms with van der Waals surface area (Å²) < 4.78 is 33.2. The Kier molecular flexibility index (Phi) is 34.6. The van der Waals surface area contributed by atoms with Gasteiger partial charge >= 0.3 is 19.8 Å². The second-order valence-corrected chi connectivity index (χ2v) is 17.5. The molecule has 3 unspecified atom stereocenters. The largest absolute Gasteiger partial charge is 0.472 e. The molecule has 0 saturated heterocycles. The number of phosphoric ester groups is 1. The number of rotatable bonds is 36. The Morgan fingerprint density at radius 1 is 0.606 bits per heavy atom. The van der Waals surface area contributed by atoms with Gasteiger partial charge in [-0.05, 0) is 64.2 Å². The van der Waals surface area contributed by atoms with E-state index in [1.165, 1.54) is 44.6 Å². The number of hydrogen-bond acceptors (Lipinski definition) is 15. The first-order chi connectivity index (χ1) is 31.6. The van der Waals surface area contributed by atoms with Crippen molar-refractivity contribution < 1.29 is 78.4 Å². The summed E-state index contributed by atoms with van der Waals surface area (Å²) in [4.78, 5) is 35.7. The molecule has 1 aliphatic carbocycles. The van der Waals surface area contributed by atoms with E-state index in [1.807, 2.05) is 31.2 Å². The minimum atomic E-state index is -5.22. The third-order valence-corrected chi connectivity index (χ3v) is 11.2. The van der Waals surface area contributed by atoms with Crippen molar-refractivity contribution in [3.8, 4) is 0 Å². The summed E-state index contributed by atoms with van der Waals surface area (Å²) >= 11 is 0. The summed E-state index contributed by atoms with van der Waals surface area (Å²) in [7, 11) is -5.22. The predicted molar refractivity (Wildman–Crippen MR) is 253 cm³/mol. The van der Waals surface area contributed by atoms with Crippen molar-refractivity contribution in [1.29, 1.82) is 0 Å². The van der Waals surface area contributed by atoms with Crippen LogP contribution in [0.4, 0.5) is 0 Å². The Labute approximate surface area is 391 Å². The van der Waals surface area contributed by atoms with E-state index in [0.717, 1.165) is 25.7 Å². The third-order valence-electron chi connectivity index (χ3n) is 10.3. The van der Waals surface area contributed by atoms with Crippen molar-refractivity contribution in [3.05, 3.63) is 97.2 Å². The molecule has 0 radical (unpaired) electrons. The SMILES string of the molecule is CC/C=C\C[C@@H](O)/C=C/C=C/C=C\C=C/[C@H](O)[C@@H](O)CCCC(=O)OC[C@H](COP(=O)(O)OC1[C@H](O)[C@H](O)C(O)[C@H](O)[C@H]1O)OC(=O)CCC/C=C\C/C=C\C/C=C\CCCCCCCC. The van der Waals surface area contributed by atoms with Gasteiger partial charge in [0, 0.05) is 12.8 Å². The Balaban J connectivity index is 2.65. The average molecular weight is 955 g/mol. The monoisotopic (exact) mass is 955 g/mol. The van der Waals surface area contributed by atoms with Gasteiger partial charge in [-0.3, -0.25) is 18.6 Å². The van der Waals surface area contributed by atoms with E-state index in [4.69, 9.17) is 18.5 Å². The number of carbonyl (C=O) groups is 2. The van der Waals surface area contributed by atoms with Gasteiger partial charge in [0.2, 0.25) is 0 Å². The van der Waals surface area contributed by atoms with E-state index in [0.29, 0.717) is 19.3 Å². The van der Waals surface area contributed by atoms with E-state index >= 15 is 0 Å².